The molecule has 0 saturated carbocycles. The molecular formula is C18H16N2O3. The van der Waals surface area contributed by atoms with E-state index in [9.17, 15) is 9.59 Å². The predicted octanol–water partition coefficient (Wildman–Crippen LogP) is 2.16. The van der Waals surface area contributed by atoms with Gasteiger partial charge in [0.2, 0.25) is 5.91 Å². The van der Waals surface area contributed by atoms with Crippen molar-refractivity contribution in [3.8, 4) is 0 Å². The quantitative estimate of drug-likeness (QED) is 0.798. The summed E-state index contributed by atoms with van der Waals surface area (Å²) in [4.78, 5) is 31.9. The number of likely N-dealkylation sites (tertiary alicyclic amines) is 1. The number of para-hydroxylation sites is 1. The highest BCUT2D eigenvalue weighted by Gasteiger charge is 2.58. The van der Waals surface area contributed by atoms with Crippen LogP contribution >= 0.6 is 0 Å². The maximum Gasteiger partial charge on any atom is 0.261 e. The number of anilines is 1. The van der Waals surface area contributed by atoms with E-state index in [1.54, 1.807) is 5.06 Å². The number of nitrogens with zero attached hydrogens (tertiary/aromatic N) is 2. The number of likely N-dealkylation sites (N-methyl/N-ethyl adjacent to an activating group) is 1. The average Bonchev–Trinajstić information content (AvgIpc) is 3.09. The Labute approximate surface area is 134 Å². The molecule has 4 rings (SSSR count). The molecule has 2 amide bonds. The van der Waals surface area contributed by atoms with Crippen LogP contribution in [0.25, 0.3) is 0 Å². The molecule has 5 nitrogen and oxygen atoms in total. The van der Waals surface area contributed by atoms with Crippen LogP contribution in [0.3, 0.4) is 0 Å². The zero-order valence-electron chi connectivity index (χ0n) is 12.6. The number of hydrogen-bond acceptors (Lipinski definition) is 4. The van der Waals surface area contributed by atoms with Crippen LogP contribution in [0.15, 0.2) is 60.7 Å². The number of amides is 2. The average molecular weight is 308 g/mol. The molecule has 2 fully saturated rings. The number of hydrogen-bond donors (Lipinski definition) is 0. The van der Waals surface area contributed by atoms with Gasteiger partial charge in [0.25, 0.3) is 5.91 Å². The van der Waals surface area contributed by atoms with E-state index in [-0.39, 0.29) is 17.9 Å². The molecule has 2 aliphatic rings. The van der Waals surface area contributed by atoms with E-state index in [0.717, 1.165) is 11.3 Å². The zero-order valence-corrected chi connectivity index (χ0v) is 12.6. The second-order valence-corrected chi connectivity index (χ2v) is 5.80. The first kappa shape index (κ1) is 14.0. The van der Waals surface area contributed by atoms with Gasteiger partial charge in [0.05, 0.1) is 11.7 Å². The van der Waals surface area contributed by atoms with Gasteiger partial charge in [0.15, 0.2) is 6.10 Å². The molecule has 23 heavy (non-hydrogen) atoms. The molecule has 0 aromatic heterocycles. The van der Waals surface area contributed by atoms with Crippen molar-refractivity contribution in [1.82, 2.24) is 4.90 Å². The van der Waals surface area contributed by atoms with Crippen LogP contribution < -0.4 is 5.06 Å². The molecule has 2 saturated heterocycles. The van der Waals surface area contributed by atoms with Crippen molar-refractivity contribution in [3.05, 3.63) is 66.2 Å². The lowest BCUT2D eigenvalue weighted by atomic mass is 9.90. The maximum absolute atomic E-state index is 12.6. The Morgan fingerprint density at radius 2 is 1.48 bits per heavy atom. The van der Waals surface area contributed by atoms with E-state index in [4.69, 9.17) is 4.84 Å². The Morgan fingerprint density at radius 3 is 2.13 bits per heavy atom. The lowest BCUT2D eigenvalue weighted by Crippen LogP contribution is -2.34. The number of carbonyl (C=O) groups excluding carboxylic acids is 2. The second kappa shape index (κ2) is 5.21. The van der Waals surface area contributed by atoms with Crippen LogP contribution in [-0.2, 0) is 14.4 Å². The van der Waals surface area contributed by atoms with E-state index in [0.29, 0.717) is 0 Å². The normalized spacial score (nSPS) is 26.7. The van der Waals surface area contributed by atoms with Crippen molar-refractivity contribution >= 4 is 17.5 Å². The topological polar surface area (TPSA) is 49.9 Å². The van der Waals surface area contributed by atoms with Crippen molar-refractivity contribution in [2.75, 3.05) is 12.1 Å². The van der Waals surface area contributed by atoms with Crippen LogP contribution in [0, 0.1) is 5.92 Å². The summed E-state index contributed by atoms with van der Waals surface area (Å²) >= 11 is 0. The van der Waals surface area contributed by atoms with E-state index >= 15 is 0 Å². The van der Waals surface area contributed by atoms with E-state index in [1.165, 1.54) is 11.9 Å². The van der Waals surface area contributed by atoms with Gasteiger partial charge in [-0.2, -0.15) is 0 Å². The number of fused-ring (bicyclic) bond motifs is 1. The van der Waals surface area contributed by atoms with Crippen LogP contribution in [0.1, 0.15) is 11.6 Å². The summed E-state index contributed by atoms with van der Waals surface area (Å²) in [7, 11) is 1.52. The predicted molar refractivity (Wildman–Crippen MR) is 84.2 cm³/mol. The Hall–Kier alpha value is -2.66. The van der Waals surface area contributed by atoms with Gasteiger partial charge in [-0.1, -0.05) is 48.5 Å². The minimum Gasteiger partial charge on any atom is -0.283 e. The third-order valence-corrected chi connectivity index (χ3v) is 4.49. The lowest BCUT2D eigenvalue weighted by Gasteiger charge is -2.28. The highest BCUT2D eigenvalue weighted by molar-refractivity contribution is 6.07. The molecule has 0 radical (unpaired) electrons. The summed E-state index contributed by atoms with van der Waals surface area (Å²) < 4.78 is 0. The molecule has 0 spiro atoms. The largest absolute Gasteiger partial charge is 0.283 e. The van der Waals surface area contributed by atoms with E-state index < -0.39 is 12.0 Å². The zero-order chi connectivity index (χ0) is 16.0. The Balaban J connectivity index is 1.82. The molecule has 0 aliphatic carbocycles. The maximum atomic E-state index is 12.6. The molecular weight excluding hydrogens is 292 g/mol. The SMILES string of the molecule is CN1C(=O)[C@@H]2[C@H](ON(c3ccccc3)[C@@H]2c2ccccc2)C1=O. The summed E-state index contributed by atoms with van der Waals surface area (Å²) in [6, 6.07) is 18.9. The number of imide groups is 1. The van der Waals surface area contributed by atoms with E-state index in [2.05, 4.69) is 0 Å². The number of benzene rings is 2. The Morgan fingerprint density at radius 1 is 0.870 bits per heavy atom. The third kappa shape index (κ3) is 2.04. The first-order valence-corrected chi connectivity index (χ1v) is 7.56. The lowest BCUT2D eigenvalue weighted by molar-refractivity contribution is -0.141. The molecule has 0 unspecified atom stereocenters. The third-order valence-electron chi connectivity index (χ3n) is 4.49. The fourth-order valence-corrected chi connectivity index (χ4v) is 3.34. The van der Waals surface area contributed by atoms with Gasteiger partial charge in [-0.15, -0.1) is 0 Å². The van der Waals surface area contributed by atoms with Crippen LogP contribution in [0.5, 0.6) is 0 Å². The standard InChI is InChI=1S/C18H16N2O3/c1-19-17(21)14-15(12-8-4-2-5-9-12)20(23-16(14)18(19)22)13-10-6-3-7-11-13/h2-11,14-16H,1H3/t14-,15+,16-/m0/s1. The molecule has 2 aliphatic heterocycles. The monoisotopic (exact) mass is 308 g/mol. The summed E-state index contributed by atoms with van der Waals surface area (Å²) in [5, 5.41) is 1.70. The molecule has 0 N–H and O–H groups in total. The fraction of sp³-hybridized carbons (Fsp3) is 0.222. The molecule has 2 heterocycles. The Bertz CT molecular complexity index is 747. The molecule has 2 aromatic carbocycles. The summed E-state index contributed by atoms with van der Waals surface area (Å²) in [6.07, 6.45) is -0.752. The van der Waals surface area contributed by atoms with Gasteiger partial charge < -0.3 is 0 Å². The van der Waals surface area contributed by atoms with E-state index in [1.807, 2.05) is 60.7 Å². The molecule has 5 heteroatoms. The first-order chi connectivity index (χ1) is 11.2. The van der Waals surface area contributed by atoms with Crippen LogP contribution in [-0.4, -0.2) is 29.9 Å². The van der Waals surface area contributed by atoms with Crippen LogP contribution in [0.4, 0.5) is 5.69 Å². The summed E-state index contributed by atoms with van der Waals surface area (Å²) in [6.45, 7) is 0. The Kier molecular flexibility index (Phi) is 3.16. The minimum absolute atomic E-state index is 0.188. The number of rotatable bonds is 2. The summed E-state index contributed by atoms with van der Waals surface area (Å²) in [5.41, 5.74) is 1.79. The van der Waals surface area contributed by atoms with Gasteiger partial charge in [-0.25, -0.2) is 5.06 Å². The summed E-state index contributed by atoms with van der Waals surface area (Å²) in [5.74, 6) is -0.984. The number of hydroxylamine groups is 1. The van der Waals surface area contributed by atoms with Crippen molar-refractivity contribution in [1.29, 1.82) is 0 Å². The molecule has 2 aromatic rings. The molecule has 3 atom stereocenters. The van der Waals surface area contributed by atoms with Gasteiger partial charge in [-0.05, 0) is 17.7 Å². The molecule has 116 valence electrons. The van der Waals surface area contributed by atoms with Gasteiger partial charge in [0.1, 0.15) is 5.92 Å². The second-order valence-electron chi connectivity index (χ2n) is 5.80. The molecule has 0 bridgehead atoms. The van der Waals surface area contributed by atoms with Crippen molar-refractivity contribution < 1.29 is 14.4 Å². The van der Waals surface area contributed by atoms with Crippen molar-refractivity contribution in [2.45, 2.75) is 12.1 Å². The highest BCUT2D eigenvalue weighted by atomic mass is 16.7. The van der Waals surface area contributed by atoms with Gasteiger partial charge in [-0.3, -0.25) is 19.3 Å². The number of carbonyl (C=O) groups is 2. The smallest absolute Gasteiger partial charge is 0.261 e. The van der Waals surface area contributed by atoms with Crippen molar-refractivity contribution in [2.24, 2.45) is 5.92 Å². The first-order valence-electron chi connectivity index (χ1n) is 7.56. The van der Waals surface area contributed by atoms with Gasteiger partial charge >= 0.3 is 0 Å². The fourth-order valence-electron chi connectivity index (χ4n) is 3.34. The highest BCUT2D eigenvalue weighted by Crippen LogP contribution is 2.46. The van der Waals surface area contributed by atoms with Gasteiger partial charge in [0, 0.05) is 7.05 Å². The van der Waals surface area contributed by atoms with Crippen molar-refractivity contribution in [3.63, 3.8) is 0 Å². The van der Waals surface area contributed by atoms with Crippen LogP contribution in [0.2, 0.25) is 0 Å². The minimum atomic E-state index is -0.752.